The number of hydrogen-bond donors (Lipinski definition) is 4. The number of carbonyl (C=O) groups is 5. The molecule has 0 heterocycles. The van der Waals surface area contributed by atoms with Crippen molar-refractivity contribution in [3.63, 3.8) is 0 Å². The number of hydrogen-bond acceptors (Lipinski definition) is 10. The van der Waals surface area contributed by atoms with Gasteiger partial charge in [0.2, 0.25) is 17.7 Å². The Bertz CT molecular complexity index is 1410. The molecule has 15 heteroatoms. The van der Waals surface area contributed by atoms with Crippen LogP contribution in [0.3, 0.4) is 0 Å². The maximum atomic E-state index is 12.8. The number of nitrogens with two attached hydrogens (primary N) is 1. The SMILES string of the molecule is COC(=O)CNC(=O)[C@H](CSSCC(=O)NCCC[P+](c1ccccc1)(c1ccccc1)c1ccccc1)NC(=O)CC[C@H](N)C(=O)OC.[Br-]. The Balaban J connectivity index is 0.00000867. The largest absolute Gasteiger partial charge is 1.00 e. The minimum absolute atomic E-state index is 0. The fraction of sp³-hybridized carbons (Fsp3) is 0.343. The first-order chi connectivity index (χ1) is 23.7. The van der Waals surface area contributed by atoms with Gasteiger partial charge in [-0.05, 0) is 49.2 Å². The third-order valence-electron chi connectivity index (χ3n) is 7.56. The van der Waals surface area contributed by atoms with Gasteiger partial charge in [-0.1, -0.05) is 76.2 Å². The Morgan fingerprint density at radius 1 is 0.760 bits per heavy atom. The number of amides is 3. The average Bonchev–Trinajstić information content (AvgIpc) is 3.14. The first-order valence-corrected chi connectivity index (χ1v) is 20.2. The van der Waals surface area contributed by atoms with Gasteiger partial charge in [0.05, 0.1) is 26.1 Å². The van der Waals surface area contributed by atoms with Gasteiger partial charge < -0.3 is 48.1 Å². The lowest BCUT2D eigenvalue weighted by Crippen LogP contribution is -3.00. The predicted molar refractivity (Wildman–Crippen MR) is 199 cm³/mol. The molecule has 0 fully saturated rings. The summed E-state index contributed by atoms with van der Waals surface area (Å²) in [5.41, 5.74) is 5.71. The molecule has 0 radical (unpaired) electrons. The molecule has 50 heavy (non-hydrogen) atoms. The summed E-state index contributed by atoms with van der Waals surface area (Å²) in [6.45, 7) is 0.137. The van der Waals surface area contributed by atoms with Crippen LogP contribution < -0.4 is 54.6 Å². The van der Waals surface area contributed by atoms with Crippen molar-refractivity contribution in [2.75, 3.05) is 45.0 Å². The fourth-order valence-corrected chi connectivity index (χ4v) is 11.4. The Hall–Kier alpha value is -3.42. The van der Waals surface area contributed by atoms with Crippen LogP contribution in [-0.4, -0.2) is 86.7 Å². The monoisotopic (exact) mass is 806 g/mol. The summed E-state index contributed by atoms with van der Waals surface area (Å²) in [4.78, 5) is 61.1. The van der Waals surface area contributed by atoms with Crippen LogP contribution in [0.2, 0.25) is 0 Å². The van der Waals surface area contributed by atoms with E-state index in [-0.39, 0.29) is 53.8 Å². The van der Waals surface area contributed by atoms with Crippen molar-refractivity contribution in [2.45, 2.75) is 31.3 Å². The van der Waals surface area contributed by atoms with Gasteiger partial charge in [0.15, 0.2) is 0 Å². The minimum Gasteiger partial charge on any atom is -1.00 e. The molecule has 0 saturated carbocycles. The van der Waals surface area contributed by atoms with Gasteiger partial charge in [0, 0.05) is 18.7 Å². The third kappa shape index (κ3) is 13.4. The van der Waals surface area contributed by atoms with E-state index < -0.39 is 43.1 Å². The van der Waals surface area contributed by atoms with E-state index in [2.05, 4.69) is 98.2 Å². The van der Waals surface area contributed by atoms with E-state index in [4.69, 9.17) is 5.73 Å². The van der Waals surface area contributed by atoms with Crippen molar-refractivity contribution < 1.29 is 50.4 Å². The van der Waals surface area contributed by atoms with Gasteiger partial charge in [0.1, 0.15) is 41.8 Å². The van der Waals surface area contributed by atoms with Gasteiger partial charge in [0.25, 0.3) is 0 Å². The van der Waals surface area contributed by atoms with Gasteiger partial charge in [-0.15, -0.1) is 0 Å². The molecule has 0 unspecified atom stereocenters. The molecule has 0 aliphatic rings. The number of nitrogens with one attached hydrogen (secondary N) is 3. The molecule has 0 aromatic heterocycles. The fourth-order valence-electron chi connectivity index (χ4n) is 5.05. The highest BCUT2D eigenvalue weighted by molar-refractivity contribution is 8.76. The van der Waals surface area contributed by atoms with Gasteiger partial charge in [-0.25, -0.2) is 0 Å². The summed E-state index contributed by atoms with van der Waals surface area (Å²) in [7, 11) is 2.89. The van der Waals surface area contributed by atoms with E-state index in [0.717, 1.165) is 12.6 Å². The summed E-state index contributed by atoms with van der Waals surface area (Å²) in [6.07, 6.45) is 1.56. The van der Waals surface area contributed by atoms with Crippen molar-refractivity contribution in [3.05, 3.63) is 91.0 Å². The maximum absolute atomic E-state index is 12.8. The van der Waals surface area contributed by atoms with E-state index in [1.165, 1.54) is 51.7 Å². The van der Waals surface area contributed by atoms with Crippen LogP contribution in [0.25, 0.3) is 0 Å². The second kappa shape index (κ2) is 23.1. The minimum atomic E-state index is -2.00. The van der Waals surface area contributed by atoms with Crippen molar-refractivity contribution in [1.82, 2.24) is 16.0 Å². The highest BCUT2D eigenvalue weighted by Crippen LogP contribution is 2.55. The van der Waals surface area contributed by atoms with E-state index in [1.807, 2.05) is 18.2 Å². The maximum Gasteiger partial charge on any atom is 0.325 e. The Kier molecular flexibility index (Phi) is 19.8. The molecule has 3 aromatic rings. The van der Waals surface area contributed by atoms with E-state index >= 15 is 0 Å². The normalized spacial score (nSPS) is 12.0. The van der Waals surface area contributed by atoms with Crippen LogP contribution in [0.5, 0.6) is 0 Å². The summed E-state index contributed by atoms with van der Waals surface area (Å²) < 4.78 is 9.13. The Labute approximate surface area is 312 Å². The van der Waals surface area contributed by atoms with E-state index in [9.17, 15) is 24.0 Å². The number of esters is 2. The zero-order chi connectivity index (χ0) is 35.5. The molecule has 0 spiro atoms. The third-order valence-corrected chi connectivity index (χ3v) is 14.4. The Morgan fingerprint density at radius 3 is 1.80 bits per heavy atom. The second-order valence-corrected chi connectivity index (χ2v) is 17.0. The van der Waals surface area contributed by atoms with Gasteiger partial charge >= 0.3 is 11.9 Å². The highest BCUT2D eigenvalue weighted by Gasteiger charge is 2.44. The summed E-state index contributed by atoms with van der Waals surface area (Å²) >= 11 is 0. The van der Waals surface area contributed by atoms with Crippen LogP contribution in [0.15, 0.2) is 91.0 Å². The number of ether oxygens (including phenoxy) is 2. The quantitative estimate of drug-likeness (QED) is 0.0479. The number of carbonyl (C=O) groups excluding carboxylic acids is 5. The summed E-state index contributed by atoms with van der Waals surface area (Å²) in [6, 6.07) is 29.7. The number of methoxy groups -OCH3 is 2. The topological polar surface area (TPSA) is 166 Å². The molecule has 3 rings (SSSR count). The molecule has 3 amide bonds. The highest BCUT2D eigenvalue weighted by atomic mass is 79.9. The summed E-state index contributed by atoms with van der Waals surface area (Å²) in [5.74, 6) is -2.26. The number of benzene rings is 3. The van der Waals surface area contributed by atoms with E-state index in [1.54, 1.807) is 0 Å². The number of halogens is 1. The number of rotatable bonds is 20. The molecule has 0 aliphatic heterocycles. The van der Waals surface area contributed by atoms with Crippen molar-refractivity contribution in [2.24, 2.45) is 5.73 Å². The van der Waals surface area contributed by atoms with Crippen LogP contribution in [0.1, 0.15) is 19.3 Å². The molecule has 5 N–H and O–H groups in total. The van der Waals surface area contributed by atoms with Gasteiger partial charge in [-0.3, -0.25) is 24.0 Å². The molecule has 11 nitrogen and oxygen atoms in total. The lowest BCUT2D eigenvalue weighted by atomic mass is 10.1. The zero-order valence-electron chi connectivity index (χ0n) is 28.0. The molecule has 0 bridgehead atoms. The molecule has 2 atom stereocenters. The first kappa shape index (κ1) is 42.7. The predicted octanol–water partition coefficient (Wildman–Crippen LogP) is -1.07. The molecular formula is C35H44BrN4O7PS2. The Morgan fingerprint density at radius 2 is 1.30 bits per heavy atom. The molecule has 3 aromatic carbocycles. The molecule has 0 aliphatic carbocycles. The lowest BCUT2D eigenvalue weighted by Gasteiger charge is -2.27. The smallest absolute Gasteiger partial charge is 0.325 e. The average molecular weight is 808 g/mol. The summed E-state index contributed by atoms with van der Waals surface area (Å²) in [5, 5.41) is 11.9. The van der Waals surface area contributed by atoms with Crippen LogP contribution in [0.4, 0.5) is 0 Å². The van der Waals surface area contributed by atoms with Crippen LogP contribution >= 0.6 is 28.9 Å². The van der Waals surface area contributed by atoms with Crippen molar-refractivity contribution in [1.29, 1.82) is 0 Å². The molecule has 0 saturated heterocycles. The van der Waals surface area contributed by atoms with Crippen LogP contribution in [0, 0.1) is 0 Å². The van der Waals surface area contributed by atoms with Gasteiger partial charge in [-0.2, -0.15) is 0 Å². The second-order valence-electron chi connectivity index (χ2n) is 10.9. The molecular weight excluding hydrogens is 763 g/mol. The lowest BCUT2D eigenvalue weighted by molar-refractivity contribution is -0.142. The first-order valence-electron chi connectivity index (χ1n) is 15.7. The van der Waals surface area contributed by atoms with E-state index in [0.29, 0.717) is 6.54 Å². The van der Waals surface area contributed by atoms with Crippen molar-refractivity contribution >= 4 is 74.4 Å². The van der Waals surface area contributed by atoms with Crippen LogP contribution in [-0.2, 0) is 33.4 Å². The van der Waals surface area contributed by atoms with Crippen molar-refractivity contribution in [3.8, 4) is 0 Å². The standard InChI is InChI=1S/C35H43N4O7PS2.BrH/c1-45-33(42)23-38-34(43)30(39-31(40)20-19-29(36)35(44)46-2)24-48-49-25-32(41)37-21-12-22-47(26-13-6-3-7-14-26,27-15-8-4-9-16-27)28-17-10-5-11-18-28;/h3-11,13-18,29-30H,12,19-25,36H2,1-2H3,(H2-,37,38,39,40,41,43);1H/t29-,30-;/m0./s1. The molecule has 270 valence electrons. The zero-order valence-corrected chi connectivity index (χ0v) is 32.2.